The van der Waals surface area contributed by atoms with Crippen LogP contribution in [0, 0.1) is 5.92 Å². The van der Waals surface area contributed by atoms with Crippen molar-refractivity contribution in [1.29, 1.82) is 0 Å². The molecule has 7 heteroatoms. The van der Waals surface area contributed by atoms with E-state index in [2.05, 4.69) is 4.98 Å². The molecule has 25 heavy (non-hydrogen) atoms. The summed E-state index contributed by atoms with van der Waals surface area (Å²) in [5.41, 5.74) is 0.801. The van der Waals surface area contributed by atoms with E-state index in [0.717, 1.165) is 11.8 Å². The normalized spacial score (nSPS) is 22.9. The molecule has 2 aromatic heterocycles. The van der Waals surface area contributed by atoms with E-state index in [1.807, 2.05) is 30.3 Å². The molecule has 4 rings (SSSR count). The highest BCUT2D eigenvalue weighted by Crippen LogP contribution is 2.60. The molecule has 0 unspecified atom stereocenters. The topological polar surface area (TPSA) is 54.6 Å². The molecule has 3 aromatic rings. The Morgan fingerprint density at radius 3 is 2.40 bits per heavy atom. The van der Waals surface area contributed by atoms with Crippen molar-refractivity contribution in [3.8, 4) is 0 Å². The molecule has 1 aromatic carbocycles. The first-order chi connectivity index (χ1) is 11.9. The number of hydrogen-bond acceptors (Lipinski definition) is 2. The lowest BCUT2D eigenvalue weighted by molar-refractivity contribution is -0.141. The third-order valence-electron chi connectivity index (χ3n) is 4.65. The summed E-state index contributed by atoms with van der Waals surface area (Å²) in [6.45, 7) is 0. The van der Waals surface area contributed by atoms with Crippen LogP contribution in [0.25, 0.3) is 5.65 Å². The van der Waals surface area contributed by atoms with Crippen LogP contribution >= 0.6 is 0 Å². The van der Waals surface area contributed by atoms with Gasteiger partial charge in [0.15, 0.2) is 5.69 Å². The van der Waals surface area contributed by atoms with Crippen LogP contribution in [0.15, 0.2) is 54.9 Å². The van der Waals surface area contributed by atoms with Gasteiger partial charge in [0.05, 0.1) is 5.92 Å². The van der Waals surface area contributed by atoms with Crippen molar-refractivity contribution in [2.75, 3.05) is 0 Å². The number of pyridine rings is 1. The standard InChI is InChI=1S/C18H13F3N2O2/c19-18(20,21)12-9-23-7-6-11(8-13(23)22-12)15-14(16(15)17(24)25)10-4-2-1-3-5-10/h1-9,14-16H,(H,24,25)/t14-,15-,16-/m1/s1. The summed E-state index contributed by atoms with van der Waals surface area (Å²) >= 11 is 0. The predicted octanol–water partition coefficient (Wildman–Crippen LogP) is 3.93. The van der Waals surface area contributed by atoms with Gasteiger partial charge in [0.2, 0.25) is 0 Å². The van der Waals surface area contributed by atoms with E-state index in [0.29, 0.717) is 5.56 Å². The Labute approximate surface area is 140 Å². The highest BCUT2D eigenvalue weighted by molar-refractivity contribution is 5.78. The molecular weight excluding hydrogens is 333 g/mol. The predicted molar refractivity (Wildman–Crippen MR) is 83.2 cm³/mol. The Balaban J connectivity index is 1.72. The SMILES string of the molecule is O=C(O)[C@@H]1[C@H](c2ccccc2)[C@H]1c1ccn2cc(C(F)(F)F)nc2c1. The molecule has 1 N–H and O–H groups in total. The number of carboxylic acids is 1. The van der Waals surface area contributed by atoms with E-state index in [9.17, 15) is 23.1 Å². The molecule has 1 aliphatic rings. The van der Waals surface area contributed by atoms with Crippen molar-refractivity contribution in [2.45, 2.75) is 18.0 Å². The van der Waals surface area contributed by atoms with Gasteiger partial charge < -0.3 is 9.51 Å². The first-order valence-corrected chi connectivity index (χ1v) is 7.70. The number of benzene rings is 1. The van der Waals surface area contributed by atoms with Crippen LogP contribution in [0.2, 0.25) is 0 Å². The van der Waals surface area contributed by atoms with Crippen LogP contribution < -0.4 is 0 Å². The highest BCUT2D eigenvalue weighted by Gasteiger charge is 2.56. The Bertz CT molecular complexity index is 950. The van der Waals surface area contributed by atoms with Crippen molar-refractivity contribution in [3.63, 3.8) is 0 Å². The molecule has 0 spiro atoms. The first-order valence-electron chi connectivity index (χ1n) is 7.70. The quantitative estimate of drug-likeness (QED) is 0.782. The number of fused-ring (bicyclic) bond motifs is 1. The summed E-state index contributed by atoms with van der Waals surface area (Å²) in [7, 11) is 0. The molecule has 1 saturated carbocycles. The molecule has 4 nitrogen and oxygen atoms in total. The van der Waals surface area contributed by atoms with Crippen molar-refractivity contribution in [1.82, 2.24) is 9.38 Å². The van der Waals surface area contributed by atoms with Crippen molar-refractivity contribution < 1.29 is 23.1 Å². The van der Waals surface area contributed by atoms with Crippen molar-refractivity contribution >= 4 is 11.6 Å². The molecule has 0 amide bonds. The number of aromatic nitrogens is 2. The fourth-order valence-electron chi connectivity index (χ4n) is 3.46. The van der Waals surface area contributed by atoms with Crippen LogP contribution in [0.3, 0.4) is 0 Å². The van der Waals surface area contributed by atoms with Gasteiger partial charge in [0, 0.05) is 24.2 Å². The zero-order valence-corrected chi connectivity index (χ0v) is 12.8. The number of alkyl halides is 3. The van der Waals surface area contributed by atoms with Gasteiger partial charge >= 0.3 is 12.1 Å². The fourth-order valence-corrected chi connectivity index (χ4v) is 3.46. The van der Waals surface area contributed by atoms with Gasteiger partial charge in [-0.3, -0.25) is 4.79 Å². The Morgan fingerprint density at radius 2 is 1.76 bits per heavy atom. The van der Waals surface area contributed by atoms with Crippen LogP contribution in [0.4, 0.5) is 13.2 Å². The average molecular weight is 346 g/mol. The van der Waals surface area contributed by atoms with E-state index in [1.54, 1.807) is 12.1 Å². The van der Waals surface area contributed by atoms with Gasteiger partial charge in [-0.05, 0) is 23.3 Å². The number of nitrogens with zero attached hydrogens (tertiary/aromatic N) is 2. The maximum atomic E-state index is 12.8. The zero-order chi connectivity index (χ0) is 17.8. The third kappa shape index (κ3) is 2.65. The number of imidazole rings is 1. The lowest BCUT2D eigenvalue weighted by Crippen LogP contribution is -2.04. The maximum absolute atomic E-state index is 12.8. The van der Waals surface area contributed by atoms with E-state index >= 15 is 0 Å². The summed E-state index contributed by atoms with van der Waals surface area (Å²) in [5.74, 6) is -1.94. The minimum absolute atomic E-state index is 0.160. The molecule has 2 heterocycles. The smallest absolute Gasteiger partial charge is 0.434 e. The summed E-state index contributed by atoms with van der Waals surface area (Å²) in [6, 6.07) is 12.5. The van der Waals surface area contributed by atoms with Crippen LogP contribution in [0.5, 0.6) is 0 Å². The molecule has 128 valence electrons. The number of hydrogen-bond donors (Lipinski definition) is 1. The number of carboxylic acid groups (broad SMARTS) is 1. The summed E-state index contributed by atoms with van der Waals surface area (Å²) in [4.78, 5) is 15.2. The molecule has 3 atom stereocenters. The lowest BCUT2D eigenvalue weighted by Gasteiger charge is -2.02. The monoisotopic (exact) mass is 346 g/mol. The average Bonchev–Trinajstić information content (AvgIpc) is 3.17. The van der Waals surface area contributed by atoms with E-state index in [4.69, 9.17) is 0 Å². The summed E-state index contributed by atoms with van der Waals surface area (Å²) in [6.07, 6.45) is -2.09. The van der Waals surface area contributed by atoms with Crippen molar-refractivity contribution in [3.05, 3.63) is 71.7 Å². The van der Waals surface area contributed by atoms with E-state index < -0.39 is 23.8 Å². The minimum atomic E-state index is -4.51. The first kappa shape index (κ1) is 15.7. The fraction of sp³-hybridized carbons (Fsp3) is 0.222. The molecule has 0 saturated heterocycles. The molecule has 0 aliphatic heterocycles. The largest absolute Gasteiger partial charge is 0.481 e. The van der Waals surface area contributed by atoms with Crippen LogP contribution in [0.1, 0.15) is 28.7 Å². The number of carbonyl (C=O) groups is 1. The minimum Gasteiger partial charge on any atom is -0.481 e. The Kier molecular flexibility index (Phi) is 3.35. The van der Waals surface area contributed by atoms with E-state index in [-0.39, 0.29) is 17.5 Å². The van der Waals surface area contributed by atoms with Crippen molar-refractivity contribution in [2.24, 2.45) is 5.92 Å². The Morgan fingerprint density at radius 1 is 1.08 bits per heavy atom. The zero-order valence-electron chi connectivity index (χ0n) is 12.8. The maximum Gasteiger partial charge on any atom is 0.434 e. The van der Waals surface area contributed by atoms with Crippen LogP contribution in [-0.4, -0.2) is 20.5 Å². The second-order valence-corrected chi connectivity index (χ2v) is 6.18. The number of aliphatic carboxylic acids is 1. The highest BCUT2D eigenvalue weighted by atomic mass is 19.4. The van der Waals surface area contributed by atoms with Gasteiger partial charge in [0.25, 0.3) is 0 Å². The number of halogens is 3. The molecule has 1 aliphatic carbocycles. The van der Waals surface area contributed by atoms with Gasteiger partial charge in [-0.25, -0.2) is 4.98 Å². The molecule has 0 bridgehead atoms. The van der Waals surface area contributed by atoms with E-state index in [1.165, 1.54) is 10.6 Å². The third-order valence-corrected chi connectivity index (χ3v) is 4.65. The number of rotatable bonds is 3. The second kappa shape index (κ2) is 5.34. The molecule has 0 radical (unpaired) electrons. The second-order valence-electron chi connectivity index (χ2n) is 6.18. The van der Waals surface area contributed by atoms with Crippen LogP contribution in [-0.2, 0) is 11.0 Å². The molecular formula is C18H13F3N2O2. The molecule has 1 fully saturated rings. The van der Waals surface area contributed by atoms with Gasteiger partial charge in [-0.2, -0.15) is 13.2 Å². The van der Waals surface area contributed by atoms with Gasteiger partial charge in [0.1, 0.15) is 5.65 Å². The van der Waals surface area contributed by atoms with Gasteiger partial charge in [-0.1, -0.05) is 30.3 Å². The summed E-state index contributed by atoms with van der Waals surface area (Å²) in [5, 5.41) is 9.47. The van der Waals surface area contributed by atoms with Gasteiger partial charge in [-0.15, -0.1) is 0 Å². The summed E-state index contributed by atoms with van der Waals surface area (Å²) < 4.78 is 39.7. The lowest BCUT2D eigenvalue weighted by atomic mass is 10.1. The Hall–Kier alpha value is -2.83.